The molecule has 4 bridgehead atoms. The van der Waals surface area contributed by atoms with Gasteiger partial charge < -0.3 is 4.74 Å². The van der Waals surface area contributed by atoms with E-state index in [-0.39, 0.29) is 23.6 Å². The SMILES string of the molecule is O=C(OCc1cc(=O)n2nc(-c3cccs3)sc2n1)C12CC3CC(CC(C3)C1)C2. The van der Waals surface area contributed by atoms with Crippen LogP contribution in [0.1, 0.15) is 44.2 Å². The van der Waals surface area contributed by atoms with Crippen LogP contribution >= 0.6 is 22.7 Å². The molecule has 0 amide bonds. The number of nitrogens with zero attached hydrogens (tertiary/aromatic N) is 3. The van der Waals surface area contributed by atoms with Crippen molar-refractivity contribution in [3.63, 3.8) is 0 Å². The molecule has 0 aromatic carbocycles. The number of hydrogen-bond donors (Lipinski definition) is 0. The van der Waals surface area contributed by atoms with Crippen molar-refractivity contribution in [3.05, 3.63) is 39.6 Å². The third kappa shape index (κ3) is 2.95. The summed E-state index contributed by atoms with van der Waals surface area (Å²) in [5.74, 6) is 2.00. The Morgan fingerprint density at radius 1 is 1.21 bits per heavy atom. The molecule has 0 spiro atoms. The minimum Gasteiger partial charge on any atom is -0.459 e. The van der Waals surface area contributed by atoms with E-state index in [2.05, 4.69) is 10.1 Å². The second kappa shape index (κ2) is 6.47. The van der Waals surface area contributed by atoms with E-state index in [0.717, 1.165) is 29.1 Å². The molecular formula is C21H21N3O3S2. The van der Waals surface area contributed by atoms with E-state index in [0.29, 0.717) is 28.4 Å². The van der Waals surface area contributed by atoms with Crippen molar-refractivity contribution >= 4 is 33.6 Å². The van der Waals surface area contributed by atoms with Gasteiger partial charge in [-0.25, -0.2) is 4.98 Å². The number of fused-ring (bicyclic) bond motifs is 1. The lowest BCUT2D eigenvalue weighted by Gasteiger charge is -2.55. The summed E-state index contributed by atoms with van der Waals surface area (Å²) < 4.78 is 7.06. The molecule has 0 saturated heterocycles. The van der Waals surface area contributed by atoms with Crippen molar-refractivity contribution < 1.29 is 9.53 Å². The molecule has 3 heterocycles. The first kappa shape index (κ1) is 17.8. The fraction of sp³-hybridized carbons (Fsp3) is 0.524. The minimum absolute atomic E-state index is 0.0541. The monoisotopic (exact) mass is 427 g/mol. The highest BCUT2D eigenvalue weighted by atomic mass is 32.1. The number of ether oxygens (including phenoxy) is 1. The zero-order chi connectivity index (χ0) is 19.6. The van der Waals surface area contributed by atoms with Crippen LogP contribution in [0.2, 0.25) is 0 Å². The molecule has 4 saturated carbocycles. The molecule has 4 aliphatic rings. The summed E-state index contributed by atoms with van der Waals surface area (Å²) in [6.07, 6.45) is 6.81. The number of carbonyl (C=O) groups is 1. The number of aromatic nitrogens is 3. The van der Waals surface area contributed by atoms with E-state index < -0.39 is 0 Å². The van der Waals surface area contributed by atoms with Crippen LogP contribution in [-0.2, 0) is 16.1 Å². The normalized spacial score (nSPS) is 30.1. The highest BCUT2D eigenvalue weighted by molar-refractivity contribution is 7.23. The van der Waals surface area contributed by atoms with Gasteiger partial charge >= 0.3 is 5.97 Å². The van der Waals surface area contributed by atoms with Gasteiger partial charge in [0.2, 0.25) is 4.96 Å². The Balaban J connectivity index is 1.22. The molecule has 0 N–H and O–H groups in total. The van der Waals surface area contributed by atoms with E-state index in [1.54, 1.807) is 11.3 Å². The summed E-state index contributed by atoms with van der Waals surface area (Å²) in [6.45, 7) is 0.0541. The second-order valence-electron chi connectivity index (χ2n) is 8.94. The van der Waals surface area contributed by atoms with Crippen LogP contribution in [0.5, 0.6) is 0 Å². The summed E-state index contributed by atoms with van der Waals surface area (Å²) in [5, 5.41) is 7.13. The Morgan fingerprint density at radius 3 is 2.59 bits per heavy atom. The molecule has 3 aromatic rings. The van der Waals surface area contributed by atoms with Gasteiger partial charge in [0.25, 0.3) is 5.56 Å². The number of thiophene rings is 1. The molecule has 8 heteroatoms. The molecule has 150 valence electrons. The van der Waals surface area contributed by atoms with Crippen molar-refractivity contribution in [2.24, 2.45) is 23.2 Å². The molecule has 29 heavy (non-hydrogen) atoms. The average molecular weight is 428 g/mol. The van der Waals surface area contributed by atoms with Gasteiger partial charge in [-0.2, -0.15) is 9.61 Å². The lowest BCUT2D eigenvalue weighted by molar-refractivity contribution is -0.173. The third-order valence-electron chi connectivity index (χ3n) is 6.85. The van der Waals surface area contributed by atoms with Crippen LogP contribution in [0.3, 0.4) is 0 Å². The van der Waals surface area contributed by atoms with Crippen LogP contribution in [0, 0.1) is 23.2 Å². The Bertz CT molecular complexity index is 1110. The predicted octanol–water partition coefficient (Wildman–Crippen LogP) is 4.14. The third-order valence-corrected chi connectivity index (χ3v) is 8.80. The first-order valence-corrected chi connectivity index (χ1v) is 11.9. The lowest BCUT2D eigenvalue weighted by Crippen LogP contribution is -2.50. The minimum atomic E-state index is -0.287. The maximum atomic E-state index is 13.0. The van der Waals surface area contributed by atoms with E-state index in [4.69, 9.17) is 4.74 Å². The van der Waals surface area contributed by atoms with E-state index in [1.165, 1.54) is 41.2 Å². The zero-order valence-electron chi connectivity index (χ0n) is 15.9. The van der Waals surface area contributed by atoms with Crippen molar-refractivity contribution in [2.75, 3.05) is 0 Å². The van der Waals surface area contributed by atoms with Crippen LogP contribution in [-0.4, -0.2) is 20.6 Å². The molecule has 0 atom stereocenters. The maximum Gasteiger partial charge on any atom is 0.312 e. The van der Waals surface area contributed by atoms with Crippen LogP contribution in [0.25, 0.3) is 14.8 Å². The number of rotatable bonds is 4. The molecule has 0 unspecified atom stereocenters. The summed E-state index contributed by atoms with van der Waals surface area (Å²) in [6, 6.07) is 5.36. The van der Waals surface area contributed by atoms with Gasteiger partial charge in [-0.05, 0) is 67.7 Å². The van der Waals surface area contributed by atoms with Gasteiger partial charge in [0.1, 0.15) is 6.61 Å². The highest BCUT2D eigenvalue weighted by Gasteiger charge is 2.55. The molecule has 4 aliphatic carbocycles. The number of carbonyl (C=O) groups excluding carboxylic acids is 1. The lowest BCUT2D eigenvalue weighted by atomic mass is 9.49. The van der Waals surface area contributed by atoms with Crippen molar-refractivity contribution in [1.29, 1.82) is 0 Å². The number of hydrogen-bond acceptors (Lipinski definition) is 7. The van der Waals surface area contributed by atoms with Gasteiger partial charge in [-0.1, -0.05) is 17.4 Å². The van der Waals surface area contributed by atoms with E-state index >= 15 is 0 Å². The number of esters is 1. The first-order valence-electron chi connectivity index (χ1n) is 10.2. The molecule has 0 radical (unpaired) electrons. The van der Waals surface area contributed by atoms with E-state index in [1.807, 2.05) is 17.5 Å². The highest BCUT2D eigenvalue weighted by Crippen LogP contribution is 2.60. The molecule has 6 nitrogen and oxygen atoms in total. The summed E-state index contributed by atoms with van der Waals surface area (Å²) in [5.41, 5.74) is -0.0329. The smallest absolute Gasteiger partial charge is 0.312 e. The first-order chi connectivity index (χ1) is 14.1. The topological polar surface area (TPSA) is 73.6 Å². The Hall–Kier alpha value is -2.06. The fourth-order valence-corrected chi connectivity index (χ4v) is 7.80. The van der Waals surface area contributed by atoms with Gasteiger partial charge in [0, 0.05) is 6.07 Å². The van der Waals surface area contributed by atoms with Crippen molar-refractivity contribution in [1.82, 2.24) is 14.6 Å². The molecule has 7 rings (SSSR count). The molecular weight excluding hydrogens is 406 g/mol. The van der Waals surface area contributed by atoms with Gasteiger partial charge in [-0.3, -0.25) is 9.59 Å². The fourth-order valence-electron chi connectivity index (χ4n) is 6.08. The summed E-state index contributed by atoms with van der Waals surface area (Å²) >= 11 is 2.95. The average Bonchev–Trinajstić information content (AvgIpc) is 3.34. The summed E-state index contributed by atoms with van der Waals surface area (Å²) in [7, 11) is 0. The quantitative estimate of drug-likeness (QED) is 0.585. The standard InChI is InChI=1S/C21H21N3O3S2/c25-17-7-15(22-20-24(17)23-18(29-20)16-2-1-3-28-16)11-27-19(26)21-8-12-4-13(9-21)6-14(5-12)10-21/h1-3,7,12-14H,4-6,8-11H2. The molecule has 4 fully saturated rings. The van der Waals surface area contributed by atoms with Crippen LogP contribution in [0.4, 0.5) is 0 Å². The Kier molecular flexibility index (Phi) is 3.96. The zero-order valence-corrected chi connectivity index (χ0v) is 17.5. The van der Waals surface area contributed by atoms with Crippen molar-refractivity contribution in [2.45, 2.75) is 45.1 Å². The van der Waals surface area contributed by atoms with Gasteiger partial charge in [0.15, 0.2) is 5.01 Å². The van der Waals surface area contributed by atoms with Gasteiger partial charge in [0.05, 0.1) is 16.0 Å². The second-order valence-corrected chi connectivity index (χ2v) is 10.8. The molecule has 3 aromatic heterocycles. The van der Waals surface area contributed by atoms with Crippen molar-refractivity contribution in [3.8, 4) is 9.88 Å². The molecule has 0 aliphatic heterocycles. The van der Waals surface area contributed by atoms with Gasteiger partial charge in [-0.15, -0.1) is 11.3 Å². The Morgan fingerprint density at radius 2 is 1.93 bits per heavy atom. The predicted molar refractivity (Wildman–Crippen MR) is 111 cm³/mol. The Labute approximate surface area is 175 Å². The maximum absolute atomic E-state index is 13.0. The summed E-state index contributed by atoms with van der Waals surface area (Å²) in [4.78, 5) is 31.6. The van der Waals surface area contributed by atoms with Crippen LogP contribution in [0.15, 0.2) is 28.4 Å². The van der Waals surface area contributed by atoms with E-state index in [9.17, 15) is 9.59 Å². The largest absolute Gasteiger partial charge is 0.459 e. The van der Waals surface area contributed by atoms with Crippen LogP contribution < -0.4 is 5.56 Å².